The van der Waals surface area contributed by atoms with Gasteiger partial charge in [-0.05, 0) is 19.1 Å². The number of rotatable bonds is 6. The summed E-state index contributed by atoms with van der Waals surface area (Å²) in [6, 6.07) is 7.50. The Kier molecular flexibility index (Phi) is 4.97. The SMILES string of the molecule is CCOc1ccccc1OCC1CN(N=O)CCO1. The summed E-state index contributed by atoms with van der Waals surface area (Å²) in [7, 11) is 0. The van der Waals surface area contributed by atoms with E-state index < -0.39 is 0 Å². The van der Waals surface area contributed by atoms with E-state index in [1.807, 2.05) is 31.2 Å². The van der Waals surface area contributed by atoms with Gasteiger partial charge in [0.15, 0.2) is 11.5 Å². The zero-order valence-corrected chi connectivity index (χ0v) is 10.9. The molecule has 1 saturated heterocycles. The number of benzene rings is 1. The number of nitroso groups, excluding NO2 is 1. The lowest BCUT2D eigenvalue weighted by Crippen LogP contribution is -2.42. The predicted octanol–water partition coefficient (Wildman–Crippen LogP) is 1.85. The fourth-order valence-electron chi connectivity index (χ4n) is 1.91. The van der Waals surface area contributed by atoms with Crippen LogP contribution in [0.3, 0.4) is 0 Å². The second-order valence-corrected chi connectivity index (χ2v) is 4.18. The van der Waals surface area contributed by atoms with Gasteiger partial charge in [0.1, 0.15) is 12.7 Å². The van der Waals surface area contributed by atoms with E-state index in [-0.39, 0.29) is 6.10 Å². The quantitative estimate of drug-likeness (QED) is 0.735. The molecule has 1 aromatic rings. The van der Waals surface area contributed by atoms with Crippen molar-refractivity contribution in [2.75, 3.05) is 32.9 Å². The number of morpholine rings is 1. The molecule has 1 unspecified atom stereocenters. The van der Waals surface area contributed by atoms with E-state index in [0.29, 0.717) is 44.4 Å². The van der Waals surface area contributed by atoms with Crippen LogP contribution in [0.1, 0.15) is 6.92 Å². The Morgan fingerprint density at radius 2 is 2.11 bits per heavy atom. The average Bonchev–Trinajstić information content (AvgIpc) is 2.47. The van der Waals surface area contributed by atoms with Crippen LogP contribution in [-0.2, 0) is 4.74 Å². The molecule has 104 valence electrons. The van der Waals surface area contributed by atoms with Crippen molar-refractivity contribution >= 4 is 0 Å². The van der Waals surface area contributed by atoms with Gasteiger partial charge in [0.2, 0.25) is 0 Å². The average molecular weight is 266 g/mol. The van der Waals surface area contributed by atoms with Crippen molar-refractivity contribution in [1.29, 1.82) is 0 Å². The van der Waals surface area contributed by atoms with Crippen molar-refractivity contribution in [3.63, 3.8) is 0 Å². The Morgan fingerprint density at radius 1 is 1.37 bits per heavy atom. The highest BCUT2D eigenvalue weighted by Crippen LogP contribution is 2.26. The summed E-state index contributed by atoms with van der Waals surface area (Å²) in [5.41, 5.74) is 0. The minimum atomic E-state index is -0.152. The monoisotopic (exact) mass is 266 g/mol. The van der Waals surface area contributed by atoms with Gasteiger partial charge >= 0.3 is 0 Å². The molecule has 1 heterocycles. The van der Waals surface area contributed by atoms with Gasteiger partial charge in [-0.15, -0.1) is 4.91 Å². The maximum absolute atomic E-state index is 10.5. The molecule has 0 bridgehead atoms. The molecule has 6 heteroatoms. The summed E-state index contributed by atoms with van der Waals surface area (Å²) in [4.78, 5) is 10.5. The van der Waals surface area contributed by atoms with Crippen LogP contribution in [-0.4, -0.2) is 44.0 Å². The van der Waals surface area contributed by atoms with Gasteiger partial charge in [-0.3, -0.25) is 5.01 Å². The van der Waals surface area contributed by atoms with E-state index in [1.165, 1.54) is 5.01 Å². The summed E-state index contributed by atoms with van der Waals surface area (Å²) in [5, 5.41) is 4.37. The number of para-hydroxylation sites is 2. The Balaban J connectivity index is 1.89. The van der Waals surface area contributed by atoms with Crippen molar-refractivity contribution in [2.24, 2.45) is 5.29 Å². The molecule has 1 fully saturated rings. The third kappa shape index (κ3) is 3.82. The Morgan fingerprint density at radius 3 is 2.79 bits per heavy atom. The normalized spacial score (nSPS) is 19.0. The van der Waals surface area contributed by atoms with Crippen LogP contribution in [0.2, 0.25) is 0 Å². The summed E-state index contributed by atoms with van der Waals surface area (Å²) in [6.07, 6.45) is -0.152. The second-order valence-electron chi connectivity index (χ2n) is 4.18. The van der Waals surface area contributed by atoms with E-state index in [4.69, 9.17) is 14.2 Å². The summed E-state index contributed by atoms with van der Waals surface area (Å²) in [5.74, 6) is 1.40. The molecule has 1 aliphatic heterocycles. The van der Waals surface area contributed by atoms with Crippen LogP contribution in [0.4, 0.5) is 0 Å². The summed E-state index contributed by atoms with van der Waals surface area (Å²) < 4.78 is 16.7. The van der Waals surface area contributed by atoms with Gasteiger partial charge < -0.3 is 14.2 Å². The lowest BCUT2D eigenvalue weighted by atomic mass is 10.3. The van der Waals surface area contributed by atoms with E-state index in [2.05, 4.69) is 5.29 Å². The molecule has 1 aromatic carbocycles. The number of nitrogens with zero attached hydrogens (tertiary/aromatic N) is 2. The molecule has 0 saturated carbocycles. The standard InChI is InChI=1S/C13H18N2O4/c1-2-17-12-5-3-4-6-13(12)19-10-11-9-15(14-16)7-8-18-11/h3-6,11H,2,7-10H2,1H3. The van der Waals surface area contributed by atoms with E-state index in [0.717, 1.165) is 0 Å². The Labute approximate surface area is 112 Å². The van der Waals surface area contributed by atoms with Crippen molar-refractivity contribution in [2.45, 2.75) is 13.0 Å². The molecule has 0 aliphatic carbocycles. The molecule has 1 aliphatic rings. The third-order valence-electron chi connectivity index (χ3n) is 2.81. The molecule has 19 heavy (non-hydrogen) atoms. The molecule has 0 N–H and O–H groups in total. The first-order chi connectivity index (χ1) is 9.33. The van der Waals surface area contributed by atoms with Crippen LogP contribution in [0.15, 0.2) is 29.6 Å². The molecular formula is C13H18N2O4. The van der Waals surface area contributed by atoms with Crippen molar-refractivity contribution in [1.82, 2.24) is 5.01 Å². The van der Waals surface area contributed by atoms with Gasteiger partial charge in [0.05, 0.1) is 31.6 Å². The third-order valence-corrected chi connectivity index (χ3v) is 2.81. The van der Waals surface area contributed by atoms with Crippen molar-refractivity contribution in [3.8, 4) is 11.5 Å². The molecule has 0 amide bonds. The van der Waals surface area contributed by atoms with Gasteiger partial charge in [-0.25, -0.2) is 0 Å². The van der Waals surface area contributed by atoms with Crippen molar-refractivity contribution < 1.29 is 14.2 Å². The smallest absolute Gasteiger partial charge is 0.161 e. The number of hydrogen-bond donors (Lipinski definition) is 0. The topological polar surface area (TPSA) is 60.4 Å². The Bertz CT molecular complexity index is 413. The first kappa shape index (κ1) is 13.6. The number of hydrogen-bond acceptors (Lipinski definition) is 5. The van der Waals surface area contributed by atoms with Gasteiger partial charge in [-0.2, -0.15) is 0 Å². The summed E-state index contributed by atoms with van der Waals surface area (Å²) in [6.45, 7) is 4.37. The second kappa shape index (κ2) is 6.94. The minimum absolute atomic E-state index is 0.152. The summed E-state index contributed by atoms with van der Waals surface area (Å²) >= 11 is 0. The van der Waals surface area contributed by atoms with Crippen molar-refractivity contribution in [3.05, 3.63) is 29.2 Å². The number of ether oxygens (including phenoxy) is 3. The van der Waals surface area contributed by atoms with Crippen LogP contribution in [0.25, 0.3) is 0 Å². The first-order valence-corrected chi connectivity index (χ1v) is 6.38. The molecule has 0 aromatic heterocycles. The fraction of sp³-hybridized carbons (Fsp3) is 0.538. The molecule has 2 rings (SSSR count). The van der Waals surface area contributed by atoms with Gasteiger partial charge in [-0.1, -0.05) is 12.1 Å². The van der Waals surface area contributed by atoms with Crippen LogP contribution in [0, 0.1) is 4.91 Å². The maximum atomic E-state index is 10.5. The highest BCUT2D eigenvalue weighted by atomic mass is 16.5. The zero-order chi connectivity index (χ0) is 13.5. The zero-order valence-electron chi connectivity index (χ0n) is 10.9. The van der Waals surface area contributed by atoms with Gasteiger partial charge in [0.25, 0.3) is 0 Å². The lowest BCUT2D eigenvalue weighted by molar-refractivity contribution is -0.0482. The van der Waals surface area contributed by atoms with E-state index in [1.54, 1.807) is 0 Å². The first-order valence-electron chi connectivity index (χ1n) is 6.38. The van der Waals surface area contributed by atoms with Crippen LogP contribution in [0.5, 0.6) is 11.5 Å². The highest BCUT2D eigenvalue weighted by Gasteiger charge is 2.21. The van der Waals surface area contributed by atoms with Crippen LogP contribution >= 0.6 is 0 Å². The highest BCUT2D eigenvalue weighted by molar-refractivity contribution is 5.39. The van der Waals surface area contributed by atoms with Crippen LogP contribution < -0.4 is 9.47 Å². The van der Waals surface area contributed by atoms with E-state index in [9.17, 15) is 4.91 Å². The molecule has 1 atom stereocenters. The largest absolute Gasteiger partial charge is 0.490 e. The lowest BCUT2D eigenvalue weighted by Gasteiger charge is -2.28. The minimum Gasteiger partial charge on any atom is -0.490 e. The molecule has 6 nitrogen and oxygen atoms in total. The Hall–Kier alpha value is -1.82. The van der Waals surface area contributed by atoms with Gasteiger partial charge in [0, 0.05) is 0 Å². The predicted molar refractivity (Wildman–Crippen MR) is 70.2 cm³/mol. The molecular weight excluding hydrogens is 248 g/mol. The van der Waals surface area contributed by atoms with E-state index >= 15 is 0 Å². The molecule has 0 spiro atoms. The maximum Gasteiger partial charge on any atom is 0.161 e. The fourth-order valence-corrected chi connectivity index (χ4v) is 1.91. The molecule has 0 radical (unpaired) electrons.